The molecule has 2 rings (SSSR count). The average Bonchev–Trinajstić information content (AvgIpc) is 2.45. The molecule has 23 heavy (non-hydrogen) atoms. The van der Waals surface area contributed by atoms with Gasteiger partial charge in [0.05, 0.1) is 15.6 Å². The molecule has 2 aromatic rings. The molecule has 1 amide bonds. The van der Waals surface area contributed by atoms with Crippen LogP contribution in [0.5, 0.6) is 0 Å². The molecule has 7 heteroatoms. The topological polar surface area (TPSA) is 51.1 Å². The first-order chi connectivity index (χ1) is 10.7. The predicted molar refractivity (Wildman–Crippen MR) is 96.0 cm³/mol. The number of hydrogen-bond acceptors (Lipinski definition) is 2. The largest absolute Gasteiger partial charge is 0.346 e. The van der Waals surface area contributed by atoms with Gasteiger partial charge in [-0.2, -0.15) is 0 Å². The number of carbonyl (C=O) groups excluding carboxylic acids is 1. The number of hydrogen-bond donors (Lipinski definition) is 1. The summed E-state index contributed by atoms with van der Waals surface area (Å²) in [7, 11) is 0. The molecule has 4 nitrogen and oxygen atoms in total. The lowest BCUT2D eigenvalue weighted by Gasteiger charge is -2.27. The first kappa shape index (κ1) is 18.0. The monoisotopic (exact) mass is 416 g/mol. The van der Waals surface area contributed by atoms with Crippen molar-refractivity contribution in [2.45, 2.75) is 25.9 Å². The van der Waals surface area contributed by atoms with Crippen LogP contribution in [0.4, 0.5) is 0 Å². The lowest BCUT2D eigenvalue weighted by atomic mass is 9.94. The maximum atomic E-state index is 12.3. The van der Waals surface area contributed by atoms with Crippen LogP contribution in [0.15, 0.2) is 45.8 Å². The van der Waals surface area contributed by atoms with Gasteiger partial charge in [-0.3, -0.25) is 9.59 Å². The summed E-state index contributed by atoms with van der Waals surface area (Å²) in [5.74, 6) is -0.277. The second-order valence-electron chi connectivity index (χ2n) is 5.62. The molecule has 1 N–H and O–H groups in total. The molecule has 0 saturated carbocycles. The summed E-state index contributed by atoms with van der Waals surface area (Å²) in [6.45, 7) is 3.64. The zero-order chi connectivity index (χ0) is 17.2. The summed E-state index contributed by atoms with van der Waals surface area (Å²) >= 11 is 15.2. The predicted octanol–water partition coefficient (Wildman–Crippen LogP) is 3.97. The van der Waals surface area contributed by atoms with E-state index in [2.05, 4.69) is 21.2 Å². The third kappa shape index (κ3) is 4.59. The number of rotatable bonds is 4. The summed E-state index contributed by atoms with van der Waals surface area (Å²) in [5.41, 5.74) is -0.0708. The van der Waals surface area contributed by atoms with Gasteiger partial charge >= 0.3 is 0 Å². The molecule has 0 aliphatic rings. The molecule has 0 aliphatic carbocycles. The molecule has 0 bridgehead atoms. The maximum Gasteiger partial charge on any atom is 0.251 e. The Bertz CT molecular complexity index is 803. The Morgan fingerprint density at radius 3 is 2.57 bits per heavy atom. The highest BCUT2D eigenvalue weighted by Crippen LogP contribution is 2.28. The zero-order valence-corrected chi connectivity index (χ0v) is 15.7. The molecule has 0 atom stereocenters. The van der Waals surface area contributed by atoms with Crippen molar-refractivity contribution in [2.24, 2.45) is 0 Å². The Hall–Kier alpha value is -1.30. The Kier molecular flexibility index (Phi) is 5.55. The molecule has 0 radical (unpaired) electrons. The van der Waals surface area contributed by atoms with Crippen molar-refractivity contribution in [1.82, 2.24) is 9.88 Å². The Labute approximate surface area is 152 Å². The van der Waals surface area contributed by atoms with Crippen molar-refractivity contribution in [1.29, 1.82) is 0 Å². The molecule has 1 aromatic heterocycles. The highest BCUT2D eigenvalue weighted by atomic mass is 79.9. The van der Waals surface area contributed by atoms with Gasteiger partial charge in [0.25, 0.3) is 5.56 Å². The van der Waals surface area contributed by atoms with Crippen molar-refractivity contribution in [2.75, 3.05) is 0 Å². The fourth-order valence-corrected chi connectivity index (χ4v) is 2.80. The van der Waals surface area contributed by atoms with E-state index in [4.69, 9.17) is 23.2 Å². The minimum absolute atomic E-state index is 0.0664. The van der Waals surface area contributed by atoms with Crippen LogP contribution in [0, 0.1) is 0 Å². The smallest absolute Gasteiger partial charge is 0.251 e. The van der Waals surface area contributed by atoms with E-state index < -0.39 is 5.54 Å². The van der Waals surface area contributed by atoms with Crippen LogP contribution >= 0.6 is 39.1 Å². The number of amides is 1. The van der Waals surface area contributed by atoms with E-state index in [1.165, 1.54) is 10.6 Å². The summed E-state index contributed by atoms with van der Waals surface area (Å²) in [5, 5.41) is 3.78. The zero-order valence-electron chi connectivity index (χ0n) is 12.6. The van der Waals surface area contributed by atoms with Crippen molar-refractivity contribution >= 4 is 45.0 Å². The maximum absolute atomic E-state index is 12.3. The molecule has 0 unspecified atom stereocenters. The number of aromatic nitrogens is 1. The summed E-state index contributed by atoms with van der Waals surface area (Å²) in [4.78, 5) is 24.0. The van der Waals surface area contributed by atoms with Gasteiger partial charge < -0.3 is 9.88 Å². The first-order valence-electron chi connectivity index (χ1n) is 6.81. The van der Waals surface area contributed by atoms with E-state index in [-0.39, 0.29) is 18.0 Å². The van der Waals surface area contributed by atoms with E-state index in [0.717, 1.165) is 10.0 Å². The summed E-state index contributed by atoms with van der Waals surface area (Å²) < 4.78 is 2.07. The number of nitrogens with one attached hydrogen (secondary N) is 1. The Balaban J connectivity index is 2.16. The number of benzene rings is 1. The SMILES string of the molecule is CC(C)(NC(=O)Cn1cc(Br)ccc1=O)c1ccc(Cl)c(Cl)c1. The Morgan fingerprint density at radius 1 is 1.22 bits per heavy atom. The van der Waals surface area contributed by atoms with Crippen LogP contribution in [0.3, 0.4) is 0 Å². The molecule has 0 spiro atoms. The van der Waals surface area contributed by atoms with Gasteiger partial charge in [-0.25, -0.2) is 0 Å². The van der Waals surface area contributed by atoms with E-state index >= 15 is 0 Å². The van der Waals surface area contributed by atoms with Crippen molar-refractivity contribution in [3.05, 3.63) is 67.0 Å². The van der Waals surface area contributed by atoms with Crippen LogP contribution in [0.2, 0.25) is 10.0 Å². The highest BCUT2D eigenvalue weighted by Gasteiger charge is 2.23. The number of nitrogens with zero attached hydrogens (tertiary/aromatic N) is 1. The van der Waals surface area contributed by atoms with Crippen LogP contribution in [-0.4, -0.2) is 10.5 Å². The molecule has 1 heterocycles. The van der Waals surface area contributed by atoms with Crippen LogP contribution in [-0.2, 0) is 16.9 Å². The third-order valence-corrected chi connectivity index (χ3v) is 4.56. The van der Waals surface area contributed by atoms with Gasteiger partial charge in [0.2, 0.25) is 5.91 Å². The Morgan fingerprint density at radius 2 is 1.91 bits per heavy atom. The third-order valence-electron chi connectivity index (χ3n) is 3.35. The fraction of sp³-hybridized carbons (Fsp3) is 0.250. The molecular formula is C16H15BrCl2N2O2. The fourth-order valence-electron chi connectivity index (χ4n) is 2.13. The highest BCUT2D eigenvalue weighted by molar-refractivity contribution is 9.10. The van der Waals surface area contributed by atoms with E-state index in [9.17, 15) is 9.59 Å². The van der Waals surface area contributed by atoms with Gasteiger partial charge in [-0.1, -0.05) is 29.3 Å². The van der Waals surface area contributed by atoms with Crippen LogP contribution < -0.4 is 10.9 Å². The van der Waals surface area contributed by atoms with Crippen molar-refractivity contribution in [3.8, 4) is 0 Å². The van der Waals surface area contributed by atoms with E-state index in [1.807, 2.05) is 13.8 Å². The molecule has 0 saturated heterocycles. The van der Waals surface area contributed by atoms with Gasteiger partial charge in [-0.05, 0) is 53.5 Å². The number of carbonyl (C=O) groups is 1. The van der Waals surface area contributed by atoms with Gasteiger partial charge in [-0.15, -0.1) is 0 Å². The molecule has 122 valence electrons. The molecule has 0 aliphatic heterocycles. The summed E-state index contributed by atoms with van der Waals surface area (Å²) in [6, 6.07) is 8.25. The lowest BCUT2D eigenvalue weighted by Crippen LogP contribution is -2.43. The van der Waals surface area contributed by atoms with Crippen molar-refractivity contribution in [3.63, 3.8) is 0 Å². The second-order valence-corrected chi connectivity index (χ2v) is 7.35. The number of pyridine rings is 1. The van der Waals surface area contributed by atoms with Crippen molar-refractivity contribution < 1.29 is 4.79 Å². The average molecular weight is 418 g/mol. The van der Waals surface area contributed by atoms with E-state index in [0.29, 0.717) is 10.0 Å². The van der Waals surface area contributed by atoms with Crippen LogP contribution in [0.1, 0.15) is 19.4 Å². The van der Waals surface area contributed by atoms with Gasteiger partial charge in [0.15, 0.2) is 0 Å². The quantitative estimate of drug-likeness (QED) is 0.818. The van der Waals surface area contributed by atoms with Gasteiger partial charge in [0, 0.05) is 16.7 Å². The van der Waals surface area contributed by atoms with Crippen LogP contribution in [0.25, 0.3) is 0 Å². The summed E-state index contributed by atoms with van der Waals surface area (Å²) in [6.07, 6.45) is 1.58. The lowest BCUT2D eigenvalue weighted by molar-refractivity contribution is -0.123. The number of halogens is 3. The van der Waals surface area contributed by atoms with E-state index in [1.54, 1.807) is 30.5 Å². The standard InChI is InChI=1S/C16H15BrCl2N2O2/c1-16(2,10-3-5-12(18)13(19)7-10)20-14(22)9-21-8-11(17)4-6-15(21)23/h3-8H,9H2,1-2H3,(H,20,22). The van der Waals surface area contributed by atoms with Gasteiger partial charge in [0.1, 0.15) is 6.54 Å². The molecule has 1 aromatic carbocycles. The first-order valence-corrected chi connectivity index (χ1v) is 8.36. The molecular weight excluding hydrogens is 403 g/mol. The molecule has 0 fully saturated rings. The minimum atomic E-state index is -0.652. The normalized spacial score (nSPS) is 11.3. The minimum Gasteiger partial charge on any atom is -0.346 e. The second kappa shape index (κ2) is 7.07.